The topological polar surface area (TPSA) is 29.9 Å². The Morgan fingerprint density at radius 2 is 2.00 bits per heavy atom. The van der Waals surface area contributed by atoms with Crippen LogP contribution in [0.1, 0.15) is 6.92 Å². The van der Waals surface area contributed by atoms with Crippen LogP contribution in [0.25, 0.3) is 32.0 Å². The largest absolute Gasteiger partial charge is 0.365 e. The summed E-state index contributed by atoms with van der Waals surface area (Å²) in [5.74, 6) is 0. The molecule has 0 spiro atoms. The number of aromatic nitrogens is 2. The Bertz CT molecular complexity index is 933. The molecule has 2 heterocycles. The quantitative estimate of drug-likeness (QED) is 0.587. The lowest BCUT2D eigenvalue weighted by Gasteiger charge is -2.01. The average Bonchev–Trinajstić information content (AvgIpc) is 3.04. The van der Waals surface area contributed by atoms with E-state index in [1.807, 2.05) is 7.05 Å². The third-order valence-electron chi connectivity index (χ3n) is 3.82. The van der Waals surface area contributed by atoms with Gasteiger partial charge < -0.3 is 9.88 Å². The molecular weight excluding hydrogens is 266 g/mol. The molecule has 4 heteroatoms. The molecule has 4 aromatic rings. The summed E-state index contributed by atoms with van der Waals surface area (Å²) in [7, 11) is 1.92. The van der Waals surface area contributed by atoms with Gasteiger partial charge in [-0.1, -0.05) is 29.5 Å². The lowest BCUT2D eigenvalue weighted by atomic mass is 10.1. The number of thiazole rings is 1. The fraction of sp³-hybridized carbons (Fsp3) is 0.188. The Labute approximate surface area is 120 Å². The van der Waals surface area contributed by atoms with E-state index in [-0.39, 0.29) is 0 Å². The molecule has 1 N–H and O–H groups in total. The summed E-state index contributed by atoms with van der Waals surface area (Å²) in [6.45, 7) is 3.18. The van der Waals surface area contributed by atoms with Crippen molar-refractivity contribution in [3.63, 3.8) is 0 Å². The van der Waals surface area contributed by atoms with E-state index in [1.165, 1.54) is 26.5 Å². The summed E-state index contributed by atoms with van der Waals surface area (Å²) in [5.41, 5.74) is 3.68. The Balaban J connectivity index is 2.28. The van der Waals surface area contributed by atoms with E-state index < -0.39 is 0 Å². The van der Waals surface area contributed by atoms with Crippen LogP contribution in [0.3, 0.4) is 0 Å². The van der Waals surface area contributed by atoms with Gasteiger partial charge in [0, 0.05) is 29.9 Å². The van der Waals surface area contributed by atoms with Crippen LogP contribution in [0.2, 0.25) is 0 Å². The van der Waals surface area contributed by atoms with Gasteiger partial charge in [-0.05, 0) is 25.1 Å². The number of nitrogens with zero attached hydrogens (tertiary/aromatic N) is 2. The fourth-order valence-electron chi connectivity index (χ4n) is 2.96. The second kappa shape index (κ2) is 4.21. The average molecular weight is 281 g/mol. The van der Waals surface area contributed by atoms with E-state index >= 15 is 0 Å². The fourth-order valence-corrected chi connectivity index (χ4v) is 3.94. The van der Waals surface area contributed by atoms with Crippen molar-refractivity contribution in [1.29, 1.82) is 0 Å². The van der Waals surface area contributed by atoms with Crippen LogP contribution in [0.4, 0.5) is 5.13 Å². The lowest BCUT2D eigenvalue weighted by Crippen LogP contribution is -1.92. The van der Waals surface area contributed by atoms with Gasteiger partial charge in [0.15, 0.2) is 5.13 Å². The predicted molar refractivity (Wildman–Crippen MR) is 87.8 cm³/mol. The van der Waals surface area contributed by atoms with E-state index in [9.17, 15) is 0 Å². The molecule has 0 bridgehead atoms. The zero-order valence-electron chi connectivity index (χ0n) is 11.5. The summed E-state index contributed by atoms with van der Waals surface area (Å²) >= 11 is 1.73. The second-order valence-electron chi connectivity index (χ2n) is 4.84. The van der Waals surface area contributed by atoms with Gasteiger partial charge in [0.25, 0.3) is 0 Å². The SMILES string of the molecule is CCn1c2ccccc2c2c3sc(NC)nc3ccc21. The highest BCUT2D eigenvalue weighted by atomic mass is 32.1. The van der Waals surface area contributed by atoms with Gasteiger partial charge in [0.1, 0.15) is 0 Å². The van der Waals surface area contributed by atoms with Crippen LogP contribution in [0, 0.1) is 0 Å². The molecule has 0 amide bonds. The number of nitrogens with one attached hydrogen (secondary N) is 1. The number of aryl methyl sites for hydroxylation is 1. The Hall–Kier alpha value is -2.07. The standard InChI is InChI=1S/C16H15N3S/c1-3-19-12-7-5-4-6-10(12)14-13(19)9-8-11-15(14)20-16(17-2)18-11/h4-9H,3H2,1-2H3,(H,17,18). The van der Waals surface area contributed by atoms with Crippen molar-refractivity contribution in [1.82, 2.24) is 9.55 Å². The van der Waals surface area contributed by atoms with Crippen LogP contribution in [-0.4, -0.2) is 16.6 Å². The molecule has 20 heavy (non-hydrogen) atoms. The molecule has 0 saturated carbocycles. The molecule has 0 radical (unpaired) electrons. The molecule has 4 rings (SSSR count). The summed E-state index contributed by atoms with van der Waals surface area (Å²) in [5, 5.41) is 6.78. The van der Waals surface area contributed by atoms with Gasteiger partial charge in [-0.3, -0.25) is 0 Å². The number of hydrogen-bond donors (Lipinski definition) is 1. The Kier molecular flexibility index (Phi) is 2.47. The number of benzene rings is 2. The van der Waals surface area contributed by atoms with E-state index in [0.717, 1.165) is 17.2 Å². The normalized spacial score (nSPS) is 11.7. The first-order chi connectivity index (χ1) is 9.83. The monoisotopic (exact) mass is 281 g/mol. The first-order valence-corrected chi connectivity index (χ1v) is 7.63. The molecule has 0 aliphatic rings. The highest BCUT2D eigenvalue weighted by Crippen LogP contribution is 2.38. The van der Waals surface area contributed by atoms with E-state index in [4.69, 9.17) is 0 Å². The van der Waals surface area contributed by atoms with Crippen molar-refractivity contribution < 1.29 is 0 Å². The minimum absolute atomic E-state index is 0.973. The number of hydrogen-bond acceptors (Lipinski definition) is 3. The maximum absolute atomic E-state index is 4.62. The van der Waals surface area contributed by atoms with E-state index in [2.05, 4.69) is 58.2 Å². The molecule has 100 valence electrons. The summed E-state index contributed by atoms with van der Waals surface area (Å²) in [6.07, 6.45) is 0. The first-order valence-electron chi connectivity index (χ1n) is 6.81. The van der Waals surface area contributed by atoms with Gasteiger partial charge in [-0.2, -0.15) is 0 Å². The van der Waals surface area contributed by atoms with Crippen molar-refractivity contribution in [2.75, 3.05) is 12.4 Å². The minimum Gasteiger partial charge on any atom is -0.365 e. The lowest BCUT2D eigenvalue weighted by molar-refractivity contribution is 0.827. The molecule has 2 aromatic heterocycles. The number of anilines is 1. The molecular formula is C16H15N3S. The van der Waals surface area contributed by atoms with Crippen LogP contribution in [-0.2, 0) is 6.54 Å². The van der Waals surface area contributed by atoms with Crippen LogP contribution in [0.5, 0.6) is 0 Å². The molecule has 3 nitrogen and oxygen atoms in total. The smallest absolute Gasteiger partial charge is 0.183 e. The van der Waals surface area contributed by atoms with Crippen molar-refractivity contribution in [2.24, 2.45) is 0 Å². The zero-order chi connectivity index (χ0) is 13.7. The highest BCUT2D eigenvalue weighted by molar-refractivity contribution is 7.23. The molecule has 0 aliphatic carbocycles. The maximum atomic E-state index is 4.62. The number of para-hydroxylation sites is 1. The van der Waals surface area contributed by atoms with E-state index in [0.29, 0.717) is 0 Å². The molecule has 2 aromatic carbocycles. The summed E-state index contributed by atoms with van der Waals surface area (Å²) in [4.78, 5) is 4.62. The van der Waals surface area contributed by atoms with Crippen molar-refractivity contribution >= 4 is 48.5 Å². The van der Waals surface area contributed by atoms with Crippen LogP contribution < -0.4 is 5.32 Å². The number of rotatable bonds is 2. The van der Waals surface area contributed by atoms with Crippen LogP contribution in [0.15, 0.2) is 36.4 Å². The molecule has 0 aliphatic heterocycles. The van der Waals surface area contributed by atoms with Gasteiger partial charge in [-0.15, -0.1) is 0 Å². The molecule has 0 atom stereocenters. The van der Waals surface area contributed by atoms with E-state index in [1.54, 1.807) is 11.3 Å². The van der Waals surface area contributed by atoms with Crippen molar-refractivity contribution in [3.8, 4) is 0 Å². The van der Waals surface area contributed by atoms with Gasteiger partial charge in [0.05, 0.1) is 15.7 Å². The van der Waals surface area contributed by atoms with Crippen LogP contribution >= 0.6 is 11.3 Å². The predicted octanol–water partition coefficient (Wildman–Crippen LogP) is 4.47. The Morgan fingerprint density at radius 3 is 2.80 bits per heavy atom. The molecule has 0 saturated heterocycles. The van der Waals surface area contributed by atoms with Crippen molar-refractivity contribution in [3.05, 3.63) is 36.4 Å². The van der Waals surface area contributed by atoms with Gasteiger partial charge >= 0.3 is 0 Å². The Morgan fingerprint density at radius 1 is 1.15 bits per heavy atom. The number of fused-ring (bicyclic) bond motifs is 5. The summed E-state index contributed by atoms with van der Waals surface area (Å²) in [6, 6.07) is 12.9. The van der Waals surface area contributed by atoms with Gasteiger partial charge in [0.2, 0.25) is 0 Å². The third-order valence-corrected chi connectivity index (χ3v) is 4.93. The first kappa shape index (κ1) is 11.7. The van der Waals surface area contributed by atoms with Crippen molar-refractivity contribution in [2.45, 2.75) is 13.5 Å². The third kappa shape index (κ3) is 1.42. The highest BCUT2D eigenvalue weighted by Gasteiger charge is 2.14. The zero-order valence-corrected chi connectivity index (χ0v) is 12.3. The molecule has 0 unspecified atom stereocenters. The van der Waals surface area contributed by atoms with Gasteiger partial charge in [-0.25, -0.2) is 4.98 Å². The maximum Gasteiger partial charge on any atom is 0.183 e. The minimum atomic E-state index is 0.973. The second-order valence-corrected chi connectivity index (χ2v) is 5.84. The molecule has 0 fully saturated rings. The summed E-state index contributed by atoms with van der Waals surface area (Å²) < 4.78 is 3.65.